The molecule has 1 rings (SSSR count). The van der Waals surface area contributed by atoms with Gasteiger partial charge in [0.1, 0.15) is 5.75 Å². The lowest BCUT2D eigenvalue weighted by Crippen LogP contribution is -2.17. The van der Waals surface area contributed by atoms with Gasteiger partial charge in [0.15, 0.2) is 0 Å². The fourth-order valence-electron chi connectivity index (χ4n) is 1.28. The van der Waals surface area contributed by atoms with Crippen LogP contribution in [0.5, 0.6) is 5.75 Å². The zero-order chi connectivity index (χ0) is 11.1. The molecule has 0 saturated heterocycles. The molecule has 0 heterocycles. The third-order valence-corrected chi connectivity index (χ3v) is 2.72. The van der Waals surface area contributed by atoms with Crippen LogP contribution >= 0.6 is 15.9 Å². The second-order valence-corrected chi connectivity index (χ2v) is 4.14. The summed E-state index contributed by atoms with van der Waals surface area (Å²) < 4.78 is 6.15. The van der Waals surface area contributed by atoms with Crippen molar-refractivity contribution in [3.8, 4) is 5.75 Å². The Hall–Kier alpha value is -0.580. The molecule has 0 radical (unpaired) electrons. The van der Waals surface area contributed by atoms with Gasteiger partial charge in [-0.25, -0.2) is 0 Å². The van der Waals surface area contributed by atoms with E-state index in [9.17, 15) is 0 Å². The molecular formula is C11H17BrN2O. The molecule has 1 aromatic carbocycles. The van der Waals surface area contributed by atoms with Gasteiger partial charge in [0, 0.05) is 6.54 Å². The summed E-state index contributed by atoms with van der Waals surface area (Å²) in [5.41, 5.74) is 6.64. The number of hydrogen-bond donors (Lipinski definition) is 2. The van der Waals surface area contributed by atoms with Crippen LogP contribution in [-0.2, 0) is 6.54 Å². The Balaban J connectivity index is 2.45. The minimum absolute atomic E-state index is 0.735. The third-order valence-electron chi connectivity index (χ3n) is 2.10. The molecule has 0 bridgehead atoms. The largest absolute Gasteiger partial charge is 0.496 e. The molecule has 1 aromatic rings. The molecule has 0 aliphatic rings. The van der Waals surface area contributed by atoms with Crippen molar-refractivity contribution >= 4 is 15.9 Å². The van der Waals surface area contributed by atoms with Crippen LogP contribution in [0.3, 0.4) is 0 Å². The first kappa shape index (κ1) is 12.5. The Kier molecular flexibility index (Phi) is 5.68. The van der Waals surface area contributed by atoms with Crippen LogP contribution in [0, 0.1) is 0 Å². The zero-order valence-electron chi connectivity index (χ0n) is 8.92. The molecule has 0 aliphatic heterocycles. The third kappa shape index (κ3) is 4.20. The Labute approximate surface area is 99.1 Å². The highest BCUT2D eigenvalue weighted by Crippen LogP contribution is 2.25. The fourth-order valence-corrected chi connectivity index (χ4v) is 1.87. The lowest BCUT2D eigenvalue weighted by atomic mass is 10.2. The number of halogens is 1. The van der Waals surface area contributed by atoms with Crippen molar-refractivity contribution in [2.24, 2.45) is 5.73 Å². The maximum atomic E-state index is 5.41. The van der Waals surface area contributed by atoms with E-state index >= 15 is 0 Å². The lowest BCUT2D eigenvalue weighted by molar-refractivity contribution is 0.412. The summed E-state index contributed by atoms with van der Waals surface area (Å²) in [5.74, 6) is 0.862. The van der Waals surface area contributed by atoms with Gasteiger partial charge in [0.25, 0.3) is 0 Å². The zero-order valence-corrected chi connectivity index (χ0v) is 10.5. The van der Waals surface area contributed by atoms with Crippen LogP contribution in [0.2, 0.25) is 0 Å². The highest BCUT2D eigenvalue weighted by Gasteiger charge is 2.00. The molecule has 4 heteroatoms. The number of nitrogens with one attached hydrogen (secondary N) is 1. The molecule has 0 spiro atoms. The number of hydrogen-bond acceptors (Lipinski definition) is 3. The number of nitrogens with two attached hydrogens (primary N) is 1. The van der Waals surface area contributed by atoms with Crippen molar-refractivity contribution in [1.82, 2.24) is 5.32 Å². The molecule has 0 atom stereocenters. The van der Waals surface area contributed by atoms with Crippen molar-refractivity contribution in [2.75, 3.05) is 20.2 Å². The maximum Gasteiger partial charge on any atom is 0.133 e. The van der Waals surface area contributed by atoms with Crippen molar-refractivity contribution < 1.29 is 4.74 Å². The molecule has 15 heavy (non-hydrogen) atoms. The van der Waals surface area contributed by atoms with E-state index < -0.39 is 0 Å². The minimum atomic E-state index is 0.735. The Morgan fingerprint density at radius 2 is 2.27 bits per heavy atom. The average molecular weight is 273 g/mol. The van der Waals surface area contributed by atoms with Gasteiger partial charge in [-0.05, 0) is 53.1 Å². The van der Waals surface area contributed by atoms with E-state index in [0.29, 0.717) is 0 Å². The normalized spacial score (nSPS) is 10.3. The van der Waals surface area contributed by atoms with Crippen LogP contribution in [0.4, 0.5) is 0 Å². The monoisotopic (exact) mass is 272 g/mol. The summed E-state index contributed by atoms with van der Waals surface area (Å²) >= 11 is 3.46. The minimum Gasteiger partial charge on any atom is -0.496 e. The molecular weight excluding hydrogens is 256 g/mol. The number of benzene rings is 1. The van der Waals surface area contributed by atoms with Gasteiger partial charge >= 0.3 is 0 Å². The van der Waals surface area contributed by atoms with Gasteiger partial charge in [0.05, 0.1) is 11.6 Å². The molecule has 0 fully saturated rings. The lowest BCUT2D eigenvalue weighted by Gasteiger charge is -2.07. The number of rotatable bonds is 6. The molecule has 0 aliphatic carbocycles. The molecule has 3 N–H and O–H groups in total. The van der Waals surface area contributed by atoms with Gasteiger partial charge in [-0.15, -0.1) is 0 Å². The van der Waals surface area contributed by atoms with E-state index in [2.05, 4.69) is 33.4 Å². The molecule has 0 amide bonds. The summed E-state index contributed by atoms with van der Waals surface area (Å²) in [4.78, 5) is 0. The van der Waals surface area contributed by atoms with Crippen LogP contribution in [0.25, 0.3) is 0 Å². The van der Waals surface area contributed by atoms with Crippen LogP contribution in [-0.4, -0.2) is 20.2 Å². The molecule has 0 unspecified atom stereocenters. The first-order chi connectivity index (χ1) is 7.27. The van der Waals surface area contributed by atoms with E-state index in [1.807, 2.05) is 6.07 Å². The molecule has 0 aromatic heterocycles. The SMILES string of the molecule is COc1ccc(CNCCCN)cc1Br. The smallest absolute Gasteiger partial charge is 0.133 e. The Bertz CT molecular complexity index is 305. The summed E-state index contributed by atoms with van der Waals surface area (Å²) in [6.07, 6.45) is 1.01. The van der Waals surface area contributed by atoms with Crippen LogP contribution < -0.4 is 15.8 Å². The van der Waals surface area contributed by atoms with E-state index in [4.69, 9.17) is 10.5 Å². The Morgan fingerprint density at radius 1 is 1.47 bits per heavy atom. The fraction of sp³-hybridized carbons (Fsp3) is 0.455. The summed E-state index contributed by atoms with van der Waals surface area (Å²) in [7, 11) is 1.67. The predicted octanol–water partition coefficient (Wildman–Crippen LogP) is 1.90. The topological polar surface area (TPSA) is 47.3 Å². The second kappa shape index (κ2) is 6.82. The summed E-state index contributed by atoms with van der Waals surface area (Å²) in [5, 5.41) is 3.33. The van der Waals surface area contributed by atoms with E-state index in [1.165, 1.54) is 5.56 Å². The maximum absolute atomic E-state index is 5.41. The van der Waals surface area contributed by atoms with E-state index in [-0.39, 0.29) is 0 Å². The van der Waals surface area contributed by atoms with Crippen LogP contribution in [0.15, 0.2) is 22.7 Å². The molecule has 0 saturated carbocycles. The van der Waals surface area contributed by atoms with Gasteiger partial charge < -0.3 is 15.8 Å². The highest BCUT2D eigenvalue weighted by molar-refractivity contribution is 9.10. The Morgan fingerprint density at radius 3 is 2.87 bits per heavy atom. The quantitative estimate of drug-likeness (QED) is 0.778. The van der Waals surface area contributed by atoms with Gasteiger partial charge in [0.2, 0.25) is 0 Å². The van der Waals surface area contributed by atoms with Crippen molar-refractivity contribution in [1.29, 1.82) is 0 Å². The first-order valence-corrected chi connectivity index (χ1v) is 5.80. The van der Waals surface area contributed by atoms with Crippen molar-refractivity contribution in [2.45, 2.75) is 13.0 Å². The number of ether oxygens (including phenoxy) is 1. The highest BCUT2D eigenvalue weighted by atomic mass is 79.9. The average Bonchev–Trinajstić information content (AvgIpc) is 2.25. The van der Waals surface area contributed by atoms with Crippen molar-refractivity contribution in [3.63, 3.8) is 0 Å². The van der Waals surface area contributed by atoms with Gasteiger partial charge in [-0.1, -0.05) is 6.07 Å². The predicted molar refractivity (Wildman–Crippen MR) is 66.1 cm³/mol. The standard InChI is InChI=1S/C11H17BrN2O/c1-15-11-4-3-9(7-10(11)12)8-14-6-2-5-13/h3-4,7,14H,2,5-6,8,13H2,1H3. The van der Waals surface area contributed by atoms with Gasteiger partial charge in [-0.2, -0.15) is 0 Å². The summed E-state index contributed by atoms with van der Waals surface area (Å²) in [6.45, 7) is 2.56. The summed E-state index contributed by atoms with van der Waals surface area (Å²) in [6, 6.07) is 6.08. The van der Waals surface area contributed by atoms with E-state index in [0.717, 1.165) is 36.3 Å². The van der Waals surface area contributed by atoms with Crippen molar-refractivity contribution in [3.05, 3.63) is 28.2 Å². The molecule has 84 valence electrons. The first-order valence-electron chi connectivity index (χ1n) is 5.01. The second-order valence-electron chi connectivity index (χ2n) is 3.29. The number of methoxy groups -OCH3 is 1. The van der Waals surface area contributed by atoms with Crippen LogP contribution in [0.1, 0.15) is 12.0 Å². The van der Waals surface area contributed by atoms with Gasteiger partial charge in [-0.3, -0.25) is 0 Å². The van der Waals surface area contributed by atoms with E-state index in [1.54, 1.807) is 7.11 Å². The molecule has 3 nitrogen and oxygen atoms in total.